The van der Waals surface area contributed by atoms with Gasteiger partial charge in [-0.3, -0.25) is 4.68 Å². The smallest absolute Gasteiger partial charge is 0.0489 e. The van der Waals surface area contributed by atoms with Crippen LogP contribution in [-0.4, -0.2) is 15.1 Å². The van der Waals surface area contributed by atoms with Crippen molar-refractivity contribution >= 4 is 15.9 Å². The molecule has 2 nitrogen and oxygen atoms in total. The molecule has 0 radical (unpaired) electrons. The zero-order valence-corrected chi connectivity index (χ0v) is 11.3. The van der Waals surface area contributed by atoms with Crippen LogP contribution in [0.4, 0.5) is 0 Å². The number of aromatic nitrogens is 2. The largest absolute Gasteiger partial charge is 0.272 e. The van der Waals surface area contributed by atoms with Crippen molar-refractivity contribution in [3.8, 4) is 0 Å². The van der Waals surface area contributed by atoms with Crippen molar-refractivity contribution in [1.29, 1.82) is 0 Å². The number of halogens is 1. The van der Waals surface area contributed by atoms with Gasteiger partial charge in [0.25, 0.3) is 0 Å². The summed E-state index contributed by atoms with van der Waals surface area (Å²) < 4.78 is 2.06. The molecule has 0 aliphatic rings. The van der Waals surface area contributed by atoms with Gasteiger partial charge >= 0.3 is 0 Å². The van der Waals surface area contributed by atoms with E-state index in [9.17, 15) is 0 Å². The van der Waals surface area contributed by atoms with E-state index < -0.39 is 0 Å². The Morgan fingerprint density at radius 3 is 2.33 bits per heavy atom. The lowest BCUT2D eigenvalue weighted by atomic mass is 9.81. The number of alkyl halides is 1. The summed E-state index contributed by atoms with van der Waals surface area (Å²) in [5, 5.41) is 5.38. The number of rotatable bonds is 7. The van der Waals surface area contributed by atoms with Crippen LogP contribution in [-0.2, 0) is 6.54 Å². The van der Waals surface area contributed by atoms with Crippen LogP contribution in [0.5, 0.6) is 0 Å². The Kier molecular flexibility index (Phi) is 5.37. The summed E-state index contributed by atoms with van der Waals surface area (Å²) in [7, 11) is 0. The highest BCUT2D eigenvalue weighted by Crippen LogP contribution is 2.33. The predicted molar refractivity (Wildman–Crippen MR) is 68.3 cm³/mol. The molecule has 0 amide bonds. The number of nitrogens with zero attached hydrogens (tertiary/aromatic N) is 2. The van der Waals surface area contributed by atoms with Crippen molar-refractivity contribution in [3.63, 3.8) is 0 Å². The molecule has 86 valence electrons. The predicted octanol–water partition coefficient (Wildman–Crippen LogP) is 3.86. The Labute approximate surface area is 101 Å². The van der Waals surface area contributed by atoms with Crippen molar-refractivity contribution in [1.82, 2.24) is 9.78 Å². The van der Waals surface area contributed by atoms with E-state index in [1.165, 1.54) is 25.7 Å². The Morgan fingerprint density at radius 2 is 1.93 bits per heavy atom. The van der Waals surface area contributed by atoms with Crippen LogP contribution < -0.4 is 0 Å². The van der Waals surface area contributed by atoms with E-state index in [4.69, 9.17) is 0 Å². The Balaban J connectivity index is 2.69. The van der Waals surface area contributed by atoms with Crippen molar-refractivity contribution < 1.29 is 0 Å². The minimum Gasteiger partial charge on any atom is -0.272 e. The fourth-order valence-electron chi connectivity index (χ4n) is 2.26. The summed E-state index contributed by atoms with van der Waals surface area (Å²) in [6, 6.07) is 2.00. The van der Waals surface area contributed by atoms with Crippen LogP contribution >= 0.6 is 15.9 Å². The van der Waals surface area contributed by atoms with E-state index in [-0.39, 0.29) is 0 Å². The second-order valence-electron chi connectivity index (χ2n) is 4.34. The van der Waals surface area contributed by atoms with Gasteiger partial charge in [-0.25, -0.2) is 0 Å². The van der Waals surface area contributed by atoms with E-state index >= 15 is 0 Å². The molecule has 0 aliphatic carbocycles. The van der Waals surface area contributed by atoms with E-state index in [1.807, 2.05) is 12.3 Å². The molecule has 0 unspecified atom stereocenters. The average molecular weight is 273 g/mol. The molecule has 0 atom stereocenters. The third-order valence-electron chi connectivity index (χ3n) is 2.90. The highest BCUT2D eigenvalue weighted by Gasteiger charge is 2.27. The highest BCUT2D eigenvalue weighted by atomic mass is 79.9. The topological polar surface area (TPSA) is 17.8 Å². The Morgan fingerprint density at radius 1 is 1.27 bits per heavy atom. The first-order chi connectivity index (χ1) is 7.26. The van der Waals surface area contributed by atoms with Crippen molar-refractivity contribution in [3.05, 3.63) is 18.5 Å². The summed E-state index contributed by atoms with van der Waals surface area (Å²) in [6.45, 7) is 5.55. The molecule has 0 saturated carbocycles. The van der Waals surface area contributed by atoms with Gasteiger partial charge < -0.3 is 0 Å². The number of hydrogen-bond donors (Lipinski definition) is 0. The highest BCUT2D eigenvalue weighted by molar-refractivity contribution is 9.09. The normalized spacial score (nSPS) is 11.9. The molecule has 0 saturated heterocycles. The zero-order valence-electron chi connectivity index (χ0n) is 9.75. The summed E-state index contributed by atoms with van der Waals surface area (Å²) in [6.07, 6.45) is 8.94. The maximum absolute atomic E-state index is 4.31. The molecule has 0 N–H and O–H groups in total. The van der Waals surface area contributed by atoms with Crippen molar-refractivity contribution in [2.75, 3.05) is 5.33 Å². The summed E-state index contributed by atoms with van der Waals surface area (Å²) in [5.74, 6) is 0. The summed E-state index contributed by atoms with van der Waals surface area (Å²) in [4.78, 5) is 0. The molecule has 0 spiro atoms. The lowest BCUT2D eigenvalue weighted by Gasteiger charge is -2.31. The Bertz CT molecular complexity index is 251. The third-order valence-corrected chi connectivity index (χ3v) is 4.09. The first kappa shape index (κ1) is 12.8. The lowest BCUT2D eigenvalue weighted by molar-refractivity contribution is 0.223. The molecule has 1 aromatic rings. The molecule has 0 bridgehead atoms. The first-order valence-corrected chi connectivity index (χ1v) is 6.92. The minimum absolute atomic E-state index is 0.384. The van der Waals surface area contributed by atoms with Gasteiger partial charge in [0.05, 0.1) is 0 Å². The fraction of sp³-hybridized carbons (Fsp3) is 0.750. The van der Waals surface area contributed by atoms with Crippen LogP contribution in [0.2, 0.25) is 0 Å². The van der Waals surface area contributed by atoms with E-state index in [0.717, 1.165) is 11.9 Å². The maximum atomic E-state index is 4.31. The van der Waals surface area contributed by atoms with Gasteiger partial charge in [0, 0.05) is 24.3 Å². The molecule has 1 aromatic heterocycles. The monoisotopic (exact) mass is 272 g/mol. The molecule has 0 aliphatic heterocycles. The van der Waals surface area contributed by atoms with Crippen LogP contribution in [0.25, 0.3) is 0 Å². The Hall–Kier alpha value is -0.310. The van der Waals surface area contributed by atoms with Crippen LogP contribution in [0, 0.1) is 5.41 Å². The average Bonchev–Trinajstić information content (AvgIpc) is 2.71. The molecule has 0 aromatic carbocycles. The summed E-state index contributed by atoms with van der Waals surface area (Å²) >= 11 is 3.68. The van der Waals surface area contributed by atoms with Gasteiger partial charge in [-0.15, -0.1) is 0 Å². The molecule has 1 heterocycles. The second-order valence-corrected chi connectivity index (χ2v) is 4.90. The van der Waals surface area contributed by atoms with Gasteiger partial charge in [-0.05, 0) is 24.3 Å². The van der Waals surface area contributed by atoms with Gasteiger partial charge in [-0.2, -0.15) is 5.10 Å². The van der Waals surface area contributed by atoms with Gasteiger partial charge in [0.2, 0.25) is 0 Å². The van der Waals surface area contributed by atoms with Crippen molar-refractivity contribution in [2.24, 2.45) is 5.41 Å². The first-order valence-electron chi connectivity index (χ1n) is 5.79. The second kappa shape index (κ2) is 6.31. The van der Waals surface area contributed by atoms with E-state index in [2.05, 4.69) is 45.8 Å². The van der Waals surface area contributed by atoms with Crippen LogP contribution in [0.15, 0.2) is 18.5 Å². The van der Waals surface area contributed by atoms with E-state index in [1.54, 1.807) is 0 Å². The SMILES string of the molecule is CCCC(CBr)(CCC)Cn1cccn1. The molecular weight excluding hydrogens is 252 g/mol. The quantitative estimate of drug-likeness (QED) is 0.690. The van der Waals surface area contributed by atoms with Gasteiger partial charge in [-0.1, -0.05) is 42.6 Å². The number of hydrogen-bond acceptors (Lipinski definition) is 1. The standard InChI is InChI=1S/C12H21BrN2/c1-3-6-12(10-13,7-4-2)11-15-9-5-8-14-15/h5,8-9H,3-4,6-7,10-11H2,1-2H3. The van der Waals surface area contributed by atoms with E-state index in [0.29, 0.717) is 5.41 Å². The fourth-order valence-corrected chi connectivity index (χ4v) is 3.00. The molecular formula is C12H21BrN2. The summed E-state index contributed by atoms with van der Waals surface area (Å²) in [5.41, 5.74) is 0.384. The molecule has 1 rings (SSSR count). The van der Waals surface area contributed by atoms with Crippen LogP contribution in [0.1, 0.15) is 39.5 Å². The molecule has 3 heteroatoms. The minimum atomic E-state index is 0.384. The van der Waals surface area contributed by atoms with Crippen molar-refractivity contribution in [2.45, 2.75) is 46.1 Å². The van der Waals surface area contributed by atoms with Gasteiger partial charge in [0.15, 0.2) is 0 Å². The van der Waals surface area contributed by atoms with Gasteiger partial charge in [0.1, 0.15) is 0 Å². The lowest BCUT2D eigenvalue weighted by Crippen LogP contribution is -2.29. The molecule has 15 heavy (non-hydrogen) atoms. The maximum Gasteiger partial charge on any atom is 0.0489 e. The third kappa shape index (κ3) is 3.63. The molecule has 0 fully saturated rings. The zero-order chi connectivity index (χ0) is 11.1. The van der Waals surface area contributed by atoms with Crippen LogP contribution in [0.3, 0.4) is 0 Å².